The predicted molar refractivity (Wildman–Crippen MR) is 79.6 cm³/mol. The van der Waals surface area contributed by atoms with Gasteiger partial charge >= 0.3 is 120 Å². The van der Waals surface area contributed by atoms with Crippen LogP contribution in [-0.4, -0.2) is 5.49 Å². The van der Waals surface area contributed by atoms with Gasteiger partial charge in [-0.1, -0.05) is 0 Å². The Morgan fingerprint density at radius 2 is 1.15 bits per heavy atom. The molecule has 0 aromatic rings. The van der Waals surface area contributed by atoms with Crippen molar-refractivity contribution < 1.29 is 44.9 Å². The fourth-order valence-corrected chi connectivity index (χ4v) is 29.5. The van der Waals surface area contributed by atoms with Crippen LogP contribution in [0, 0.1) is 0 Å². The molecule has 0 amide bonds. The summed E-state index contributed by atoms with van der Waals surface area (Å²) in [5, 5.41) is 0. The zero-order valence-corrected chi connectivity index (χ0v) is 19.4. The monoisotopic (exact) mass is 494 g/mol. The van der Waals surface area contributed by atoms with Gasteiger partial charge in [0.05, 0.1) is 0 Å². The van der Waals surface area contributed by atoms with Crippen LogP contribution in [0.5, 0.6) is 0 Å². The summed E-state index contributed by atoms with van der Waals surface area (Å²) < 4.78 is 3.85. The number of rotatable bonds is 2. The molecule has 2 aliphatic carbocycles. The minimum atomic E-state index is -1.70. The fourth-order valence-electron chi connectivity index (χ4n) is 2.96. The topological polar surface area (TPSA) is 0 Å². The van der Waals surface area contributed by atoms with E-state index in [0.29, 0.717) is 0 Å². The third-order valence-electron chi connectivity index (χ3n) is 4.42. The van der Waals surface area contributed by atoms with Crippen molar-refractivity contribution in [1.82, 2.24) is 0 Å². The van der Waals surface area contributed by atoms with E-state index >= 15 is 0 Å². The molecule has 0 aromatic carbocycles. The molecule has 0 aromatic heterocycles. The van der Waals surface area contributed by atoms with E-state index in [-0.39, 0.29) is 30.3 Å². The van der Waals surface area contributed by atoms with E-state index < -0.39 is 20.1 Å². The van der Waals surface area contributed by atoms with Crippen molar-refractivity contribution in [3.63, 3.8) is 0 Å². The molecule has 0 aliphatic heterocycles. The van der Waals surface area contributed by atoms with Crippen molar-refractivity contribution in [3.8, 4) is 0 Å². The summed E-state index contributed by atoms with van der Waals surface area (Å²) in [7, 11) is 0. The van der Waals surface area contributed by atoms with Crippen LogP contribution >= 0.6 is 0 Å². The summed E-state index contributed by atoms with van der Waals surface area (Å²) in [6, 6.07) is 0. The molecule has 0 nitrogen and oxygen atoms in total. The molecule has 2 rings (SSSR count). The van der Waals surface area contributed by atoms with E-state index in [0.717, 1.165) is 0 Å². The summed E-state index contributed by atoms with van der Waals surface area (Å²) in [6.07, 6.45) is 7.49. The number of hydrogen-bond donors (Lipinski definition) is 0. The summed E-state index contributed by atoms with van der Waals surface area (Å²) in [6.45, 7) is 14.5. The van der Waals surface area contributed by atoms with Crippen molar-refractivity contribution in [1.29, 1.82) is 0 Å². The Balaban J connectivity index is 0.00000180. The van der Waals surface area contributed by atoms with Crippen LogP contribution in [0.4, 0.5) is 0 Å². The average Bonchev–Trinajstić information content (AvgIpc) is 2.79. The largest absolute Gasteiger partial charge is 1.00 e. The standard InChI is InChI=1S/2C7H9.C2H6Si.2ClH.Hf/c2*1-6-4-3-5-7(6)2;1-3-2;;;/h2*4H,3H2,1-2H3;1-2H3;2*1H;/q;;;;;+2/p-2. The van der Waals surface area contributed by atoms with Gasteiger partial charge in [-0.3, -0.25) is 0 Å². The van der Waals surface area contributed by atoms with Gasteiger partial charge in [0.1, 0.15) is 0 Å². The van der Waals surface area contributed by atoms with Gasteiger partial charge in [0.2, 0.25) is 0 Å². The fraction of sp³-hybridized carbons (Fsp3) is 0.500. The molecule has 0 fully saturated rings. The van der Waals surface area contributed by atoms with E-state index in [4.69, 9.17) is 0 Å². The van der Waals surface area contributed by atoms with Crippen molar-refractivity contribution >= 4 is 5.49 Å². The van der Waals surface area contributed by atoms with E-state index in [1.165, 1.54) is 12.8 Å². The summed E-state index contributed by atoms with van der Waals surface area (Å²) in [5.41, 5.74) is 6.31. The molecular formula is C16H24Cl2HfSi. The number of halogens is 2. The first-order valence-electron chi connectivity index (χ1n) is 6.85. The molecule has 0 heterocycles. The Kier molecular flexibility index (Phi) is 8.57. The molecule has 0 spiro atoms. The van der Waals surface area contributed by atoms with Gasteiger partial charge in [-0.25, -0.2) is 0 Å². The normalized spacial score (nSPS) is 17.1. The SMILES string of the molecule is CC1=CC[C]([Hf+2]([C]2=C(C)C(C)=CC2)=[Si](C)C)=C1C.[Cl-].[Cl-]. The second-order valence-electron chi connectivity index (χ2n) is 5.76. The molecular weight excluding hydrogens is 470 g/mol. The molecule has 0 saturated heterocycles. The quantitative estimate of drug-likeness (QED) is 0.438. The molecule has 0 bridgehead atoms. The van der Waals surface area contributed by atoms with Crippen molar-refractivity contribution in [2.45, 2.75) is 53.6 Å². The summed E-state index contributed by atoms with van der Waals surface area (Å²) in [4.78, 5) is 0. The van der Waals surface area contributed by atoms with Crippen LogP contribution in [0.3, 0.4) is 0 Å². The van der Waals surface area contributed by atoms with Crippen LogP contribution in [0.25, 0.3) is 0 Å². The van der Waals surface area contributed by atoms with Gasteiger partial charge in [-0.15, -0.1) is 0 Å². The Morgan fingerprint density at radius 3 is 1.35 bits per heavy atom. The zero-order chi connectivity index (χ0) is 13.4. The molecule has 20 heavy (non-hydrogen) atoms. The predicted octanol–water partition coefficient (Wildman–Crippen LogP) is -0.888. The van der Waals surface area contributed by atoms with E-state index in [2.05, 4.69) is 52.9 Å². The Hall–Kier alpha value is 0.627. The minimum absolute atomic E-state index is 0. The second kappa shape index (κ2) is 8.31. The molecule has 0 radical (unpaired) electrons. The molecule has 110 valence electrons. The molecule has 0 N–H and O–H groups in total. The van der Waals surface area contributed by atoms with Crippen LogP contribution in [0.2, 0.25) is 13.1 Å². The van der Waals surface area contributed by atoms with E-state index in [1.807, 2.05) is 6.66 Å². The van der Waals surface area contributed by atoms with Gasteiger partial charge in [0.25, 0.3) is 0 Å². The smallest absolute Gasteiger partial charge is 1.00 e. The van der Waals surface area contributed by atoms with Crippen LogP contribution in [0.1, 0.15) is 40.5 Å². The number of allylic oxidation sites excluding steroid dienone is 8. The maximum atomic E-state index is 2.56. The first kappa shape index (κ1) is 20.6. The first-order chi connectivity index (χ1) is 8.43. The maximum absolute atomic E-state index is 2.56. The third-order valence-corrected chi connectivity index (χ3v) is 29.6. The summed E-state index contributed by atoms with van der Waals surface area (Å²) in [5.74, 6) is 0. The van der Waals surface area contributed by atoms with Gasteiger partial charge in [-0.2, -0.15) is 0 Å². The Morgan fingerprint density at radius 1 is 0.800 bits per heavy atom. The first-order valence-corrected chi connectivity index (χ1v) is 18.3. The van der Waals surface area contributed by atoms with Gasteiger partial charge in [-0.05, 0) is 0 Å². The van der Waals surface area contributed by atoms with Gasteiger partial charge in [0.15, 0.2) is 0 Å². The number of hydrogen-bond acceptors (Lipinski definition) is 0. The minimum Gasteiger partial charge on any atom is -1.00 e. The van der Waals surface area contributed by atoms with E-state index in [9.17, 15) is 0 Å². The molecule has 2 aliphatic rings. The third kappa shape index (κ3) is 3.88. The summed E-state index contributed by atoms with van der Waals surface area (Å²) >= 11 is -1.70. The van der Waals surface area contributed by atoms with Gasteiger partial charge in [0, 0.05) is 0 Å². The Labute approximate surface area is 144 Å². The van der Waals surface area contributed by atoms with E-state index in [1.54, 1.807) is 22.3 Å². The second-order valence-corrected chi connectivity index (χ2v) is 29.7. The molecule has 0 saturated carbocycles. The van der Waals surface area contributed by atoms with Crippen LogP contribution < -0.4 is 24.8 Å². The molecule has 0 atom stereocenters. The van der Waals surface area contributed by atoms with Crippen LogP contribution in [-0.2, 0) is 20.1 Å². The van der Waals surface area contributed by atoms with Crippen molar-refractivity contribution in [2.24, 2.45) is 0 Å². The molecule has 0 unspecified atom stereocenters. The van der Waals surface area contributed by atoms with Crippen LogP contribution in [0.15, 0.2) is 41.1 Å². The van der Waals surface area contributed by atoms with Gasteiger partial charge < -0.3 is 24.8 Å². The maximum Gasteiger partial charge on any atom is -1.00 e. The van der Waals surface area contributed by atoms with Crippen molar-refractivity contribution in [3.05, 3.63) is 41.1 Å². The molecule has 4 heteroatoms. The average molecular weight is 494 g/mol. The zero-order valence-electron chi connectivity index (χ0n) is 13.3. The van der Waals surface area contributed by atoms with Crippen molar-refractivity contribution in [2.75, 3.05) is 0 Å². The Bertz CT molecular complexity index is 515.